The van der Waals surface area contributed by atoms with Crippen LogP contribution in [0, 0.1) is 0 Å². The molecule has 142 valence electrons. The van der Waals surface area contributed by atoms with Crippen LogP contribution in [-0.2, 0) is 21.5 Å². The molecule has 0 radical (unpaired) electrons. The van der Waals surface area contributed by atoms with Gasteiger partial charge in [0.1, 0.15) is 0 Å². The van der Waals surface area contributed by atoms with Crippen LogP contribution in [0.5, 0.6) is 11.5 Å². The molecule has 1 rings (SSSR count). The van der Waals surface area contributed by atoms with Crippen LogP contribution in [0.1, 0.15) is 52.0 Å². The molecule has 1 amide bonds. The average molecular weight is 371 g/mol. The summed E-state index contributed by atoms with van der Waals surface area (Å²) >= 11 is 0. The molecule has 0 aliphatic carbocycles. The Kier molecular flexibility index (Phi) is 8.22. The molecule has 6 nitrogen and oxygen atoms in total. The number of amides is 1. The number of hydrogen-bond acceptors (Lipinski definition) is 5. The van der Waals surface area contributed by atoms with Crippen molar-refractivity contribution in [1.82, 2.24) is 4.90 Å². The van der Waals surface area contributed by atoms with E-state index in [2.05, 4.69) is 6.92 Å². The Morgan fingerprint density at radius 3 is 2.44 bits per heavy atom. The average Bonchev–Trinajstić information content (AvgIpc) is 2.55. The highest BCUT2D eigenvalue weighted by atomic mass is 32.2. The van der Waals surface area contributed by atoms with E-state index in [9.17, 15) is 13.2 Å². The van der Waals surface area contributed by atoms with Crippen LogP contribution in [0.4, 0.5) is 0 Å². The van der Waals surface area contributed by atoms with Crippen molar-refractivity contribution in [2.75, 3.05) is 13.4 Å². The molecular formula is C18H29NO5S. The van der Waals surface area contributed by atoms with E-state index in [1.165, 1.54) is 7.11 Å². The molecule has 0 N–H and O–H groups in total. The van der Waals surface area contributed by atoms with Gasteiger partial charge in [-0.2, -0.15) is 8.42 Å². The van der Waals surface area contributed by atoms with Gasteiger partial charge in [-0.1, -0.05) is 26.3 Å². The molecule has 0 unspecified atom stereocenters. The molecule has 1 atom stereocenters. The van der Waals surface area contributed by atoms with Gasteiger partial charge >= 0.3 is 10.1 Å². The third-order valence-corrected chi connectivity index (χ3v) is 4.49. The molecule has 0 bridgehead atoms. The Labute approximate surface area is 151 Å². The summed E-state index contributed by atoms with van der Waals surface area (Å²) < 4.78 is 33.0. The van der Waals surface area contributed by atoms with E-state index in [0.29, 0.717) is 18.7 Å². The molecule has 0 aromatic heterocycles. The Morgan fingerprint density at radius 2 is 1.92 bits per heavy atom. The maximum atomic E-state index is 12.5. The highest BCUT2D eigenvalue weighted by Gasteiger charge is 2.20. The zero-order valence-electron chi connectivity index (χ0n) is 15.7. The summed E-state index contributed by atoms with van der Waals surface area (Å²) in [6, 6.07) is 5.19. The third-order valence-electron chi connectivity index (χ3n) is 4.01. The molecule has 25 heavy (non-hydrogen) atoms. The van der Waals surface area contributed by atoms with Crippen molar-refractivity contribution < 1.29 is 22.1 Å². The standard InChI is InChI=1S/C18H29NO5S/c1-6-8-9-18(20)19(14(3)7-2)13-15-10-11-16(23-4)17(12-15)24-25(5,21)22/h10-12,14H,6-9,13H2,1-5H3/t14-/m1/s1. The summed E-state index contributed by atoms with van der Waals surface area (Å²) in [5, 5.41) is 0. The van der Waals surface area contributed by atoms with Gasteiger partial charge in [-0.05, 0) is 37.5 Å². The van der Waals surface area contributed by atoms with E-state index in [0.717, 1.165) is 31.1 Å². The number of benzene rings is 1. The van der Waals surface area contributed by atoms with E-state index < -0.39 is 10.1 Å². The van der Waals surface area contributed by atoms with E-state index >= 15 is 0 Å². The first-order chi connectivity index (χ1) is 11.7. The van der Waals surface area contributed by atoms with Crippen LogP contribution in [0.15, 0.2) is 18.2 Å². The maximum Gasteiger partial charge on any atom is 0.306 e. The number of unbranched alkanes of at least 4 members (excludes halogenated alkanes) is 1. The lowest BCUT2D eigenvalue weighted by atomic mass is 10.1. The van der Waals surface area contributed by atoms with Crippen LogP contribution in [-0.4, -0.2) is 38.6 Å². The van der Waals surface area contributed by atoms with Gasteiger partial charge in [0.15, 0.2) is 11.5 Å². The molecule has 0 spiro atoms. The van der Waals surface area contributed by atoms with E-state index in [1.54, 1.807) is 12.1 Å². The lowest BCUT2D eigenvalue weighted by Gasteiger charge is -2.29. The lowest BCUT2D eigenvalue weighted by molar-refractivity contribution is -0.134. The molecule has 0 saturated heterocycles. The summed E-state index contributed by atoms with van der Waals surface area (Å²) in [6.07, 6.45) is 4.18. The minimum atomic E-state index is -3.66. The second-order valence-electron chi connectivity index (χ2n) is 6.16. The minimum Gasteiger partial charge on any atom is -0.493 e. The van der Waals surface area contributed by atoms with E-state index in [-0.39, 0.29) is 17.7 Å². The summed E-state index contributed by atoms with van der Waals surface area (Å²) in [5.41, 5.74) is 0.796. The highest BCUT2D eigenvalue weighted by molar-refractivity contribution is 7.86. The van der Waals surface area contributed by atoms with E-state index in [4.69, 9.17) is 8.92 Å². The van der Waals surface area contributed by atoms with Crippen molar-refractivity contribution in [1.29, 1.82) is 0 Å². The topological polar surface area (TPSA) is 72.9 Å². The van der Waals surface area contributed by atoms with Gasteiger partial charge in [0, 0.05) is 19.0 Å². The molecular weight excluding hydrogens is 342 g/mol. The van der Waals surface area contributed by atoms with Gasteiger partial charge < -0.3 is 13.8 Å². The number of ether oxygens (including phenoxy) is 1. The number of carbonyl (C=O) groups is 1. The monoisotopic (exact) mass is 371 g/mol. The van der Waals surface area contributed by atoms with E-state index in [1.807, 2.05) is 24.8 Å². The van der Waals surface area contributed by atoms with Crippen molar-refractivity contribution in [3.63, 3.8) is 0 Å². The number of nitrogens with zero attached hydrogens (tertiary/aromatic N) is 1. The van der Waals surface area contributed by atoms with Gasteiger partial charge in [0.2, 0.25) is 5.91 Å². The summed E-state index contributed by atoms with van der Waals surface area (Å²) in [7, 11) is -2.22. The van der Waals surface area contributed by atoms with Gasteiger partial charge in [-0.25, -0.2) is 0 Å². The first kappa shape index (κ1) is 21.3. The fourth-order valence-corrected chi connectivity index (χ4v) is 2.88. The fourth-order valence-electron chi connectivity index (χ4n) is 2.43. The predicted octanol–water partition coefficient (Wildman–Crippen LogP) is 3.35. The molecule has 0 aliphatic rings. The summed E-state index contributed by atoms with van der Waals surface area (Å²) in [5.74, 6) is 0.576. The van der Waals surface area contributed by atoms with Crippen LogP contribution in [0.2, 0.25) is 0 Å². The van der Waals surface area contributed by atoms with Crippen molar-refractivity contribution in [3.05, 3.63) is 23.8 Å². The molecule has 0 fully saturated rings. The van der Waals surface area contributed by atoms with Gasteiger partial charge in [0.25, 0.3) is 0 Å². The van der Waals surface area contributed by atoms with Crippen molar-refractivity contribution in [2.24, 2.45) is 0 Å². The summed E-state index contributed by atoms with van der Waals surface area (Å²) in [4.78, 5) is 14.4. The SMILES string of the molecule is CCCCC(=O)N(Cc1ccc(OC)c(OS(C)(=O)=O)c1)[C@H](C)CC. The van der Waals surface area contributed by atoms with Crippen LogP contribution in [0.25, 0.3) is 0 Å². The Morgan fingerprint density at radius 1 is 1.24 bits per heavy atom. The van der Waals surface area contributed by atoms with Crippen molar-refractivity contribution in [3.8, 4) is 11.5 Å². The first-order valence-electron chi connectivity index (χ1n) is 8.57. The van der Waals surface area contributed by atoms with Gasteiger partial charge in [-0.3, -0.25) is 4.79 Å². The molecule has 0 heterocycles. The molecule has 1 aromatic rings. The van der Waals surface area contributed by atoms with Gasteiger partial charge in [-0.15, -0.1) is 0 Å². The zero-order valence-corrected chi connectivity index (χ0v) is 16.6. The van der Waals surface area contributed by atoms with Gasteiger partial charge in [0.05, 0.1) is 13.4 Å². The molecule has 0 aliphatic heterocycles. The Hall–Kier alpha value is -1.76. The maximum absolute atomic E-state index is 12.5. The summed E-state index contributed by atoms with van der Waals surface area (Å²) in [6.45, 7) is 6.51. The Bertz CT molecular complexity index is 672. The molecule has 0 saturated carbocycles. The second kappa shape index (κ2) is 9.65. The molecule has 7 heteroatoms. The number of hydrogen-bond donors (Lipinski definition) is 0. The quantitative estimate of drug-likeness (QED) is 0.590. The number of carbonyl (C=O) groups excluding carboxylic acids is 1. The number of methoxy groups -OCH3 is 1. The van der Waals surface area contributed by atoms with Crippen molar-refractivity contribution >= 4 is 16.0 Å². The second-order valence-corrected chi connectivity index (χ2v) is 7.73. The van der Waals surface area contributed by atoms with Crippen LogP contribution in [0.3, 0.4) is 0 Å². The van der Waals surface area contributed by atoms with Crippen LogP contribution < -0.4 is 8.92 Å². The fraction of sp³-hybridized carbons (Fsp3) is 0.611. The normalized spacial score (nSPS) is 12.5. The number of rotatable bonds is 10. The Balaban J connectivity index is 3.07. The molecule has 1 aromatic carbocycles. The first-order valence-corrected chi connectivity index (χ1v) is 10.4. The predicted molar refractivity (Wildman–Crippen MR) is 98.3 cm³/mol. The van der Waals surface area contributed by atoms with Crippen molar-refractivity contribution in [2.45, 2.75) is 59.0 Å². The minimum absolute atomic E-state index is 0.103. The van der Waals surface area contributed by atoms with Crippen LogP contribution >= 0.6 is 0 Å². The largest absolute Gasteiger partial charge is 0.493 e. The lowest BCUT2D eigenvalue weighted by Crippen LogP contribution is -2.37. The highest BCUT2D eigenvalue weighted by Crippen LogP contribution is 2.30. The smallest absolute Gasteiger partial charge is 0.306 e. The third kappa shape index (κ3) is 6.94. The zero-order chi connectivity index (χ0) is 19.0.